The number of benzene rings is 3. The summed E-state index contributed by atoms with van der Waals surface area (Å²) in [5.74, 6) is -0.468. The first-order valence-corrected chi connectivity index (χ1v) is 11.3. The lowest BCUT2D eigenvalue weighted by molar-refractivity contribution is -0.112. The molecule has 168 valence electrons. The molecule has 0 radical (unpaired) electrons. The zero-order chi connectivity index (χ0) is 24.2. The van der Waals surface area contributed by atoms with Gasteiger partial charge in [0, 0.05) is 27.8 Å². The van der Waals surface area contributed by atoms with E-state index in [0.717, 1.165) is 33.8 Å². The number of nitrogens with zero attached hydrogens (tertiary/aromatic N) is 2. The number of nitrogens with one attached hydrogen (secondary N) is 1. The molecule has 1 aromatic heterocycles. The van der Waals surface area contributed by atoms with Gasteiger partial charge < -0.3 is 9.88 Å². The third-order valence-electron chi connectivity index (χ3n) is 5.82. The number of carbonyl (C=O) groups excluding carboxylic acids is 1. The van der Waals surface area contributed by atoms with Crippen molar-refractivity contribution in [2.24, 2.45) is 0 Å². The second kappa shape index (κ2) is 9.82. The molecule has 0 unspecified atom stereocenters. The fraction of sp³-hybridized carbons (Fsp3) is 0.103. The normalized spacial score (nSPS) is 11.2. The van der Waals surface area contributed by atoms with Gasteiger partial charge in [-0.15, -0.1) is 0 Å². The van der Waals surface area contributed by atoms with Gasteiger partial charge in [-0.1, -0.05) is 60.1 Å². The lowest BCUT2D eigenvalue weighted by Crippen LogP contribution is -2.14. The van der Waals surface area contributed by atoms with Crippen molar-refractivity contribution < 1.29 is 4.79 Å². The van der Waals surface area contributed by atoms with Crippen LogP contribution in [0.4, 0.5) is 5.69 Å². The van der Waals surface area contributed by atoms with Crippen molar-refractivity contribution in [1.82, 2.24) is 4.57 Å². The Morgan fingerprint density at radius 2 is 1.62 bits per heavy atom. The summed E-state index contributed by atoms with van der Waals surface area (Å²) >= 11 is 6.05. The van der Waals surface area contributed by atoms with Gasteiger partial charge in [0.1, 0.15) is 11.6 Å². The van der Waals surface area contributed by atoms with Crippen molar-refractivity contribution in [2.75, 3.05) is 5.32 Å². The number of amides is 1. The van der Waals surface area contributed by atoms with Crippen LogP contribution < -0.4 is 5.32 Å². The van der Waals surface area contributed by atoms with E-state index in [9.17, 15) is 10.1 Å². The first kappa shape index (κ1) is 23.1. The third-order valence-corrected chi connectivity index (χ3v) is 6.05. The Balaban J connectivity index is 1.63. The van der Waals surface area contributed by atoms with E-state index in [1.807, 2.05) is 57.2 Å². The first-order chi connectivity index (χ1) is 16.4. The third kappa shape index (κ3) is 4.80. The Morgan fingerprint density at radius 3 is 2.29 bits per heavy atom. The minimum Gasteiger partial charge on any atom is -0.321 e. The number of nitriles is 1. The molecule has 34 heavy (non-hydrogen) atoms. The number of anilines is 1. The van der Waals surface area contributed by atoms with Crippen LogP contribution in [0.25, 0.3) is 22.9 Å². The Kier molecular flexibility index (Phi) is 6.67. The van der Waals surface area contributed by atoms with E-state index >= 15 is 0 Å². The Bertz CT molecular complexity index is 1420. The van der Waals surface area contributed by atoms with Crippen LogP contribution in [0.2, 0.25) is 5.02 Å². The molecule has 4 aromatic rings. The molecule has 0 spiro atoms. The van der Waals surface area contributed by atoms with Crippen molar-refractivity contribution in [1.29, 1.82) is 5.26 Å². The topological polar surface area (TPSA) is 57.8 Å². The number of halogens is 1. The molecule has 5 heteroatoms. The van der Waals surface area contributed by atoms with E-state index in [1.165, 1.54) is 5.56 Å². The molecule has 0 aliphatic rings. The summed E-state index contributed by atoms with van der Waals surface area (Å²) in [6.07, 6.45) is 1.63. The van der Waals surface area contributed by atoms with Crippen molar-refractivity contribution in [3.63, 3.8) is 0 Å². The van der Waals surface area contributed by atoms with Gasteiger partial charge in [-0.3, -0.25) is 4.79 Å². The Labute approximate surface area is 204 Å². The van der Waals surface area contributed by atoms with Crippen LogP contribution in [-0.2, 0) is 4.79 Å². The van der Waals surface area contributed by atoms with Crippen LogP contribution in [-0.4, -0.2) is 10.5 Å². The van der Waals surface area contributed by atoms with Crippen molar-refractivity contribution >= 4 is 29.3 Å². The van der Waals surface area contributed by atoms with Gasteiger partial charge in [-0.2, -0.15) is 5.26 Å². The summed E-state index contributed by atoms with van der Waals surface area (Å²) in [6, 6.07) is 27.9. The molecular formula is C29H24ClN3O. The molecule has 1 N–H and O–H groups in total. The molecule has 1 amide bonds. The monoisotopic (exact) mass is 465 g/mol. The SMILES string of the molecule is Cc1ccc(Cl)cc1NC(=O)/C(C#N)=C/c1cc(C)n(-c2ccc(-c3ccccc3)cc2)c1C. The van der Waals surface area contributed by atoms with Crippen LogP contribution in [0.3, 0.4) is 0 Å². The molecule has 4 rings (SSSR count). The van der Waals surface area contributed by atoms with Crippen molar-refractivity contribution in [2.45, 2.75) is 20.8 Å². The molecule has 0 aliphatic carbocycles. The molecule has 0 saturated heterocycles. The molecule has 4 nitrogen and oxygen atoms in total. The predicted octanol–water partition coefficient (Wildman–Crippen LogP) is 7.27. The highest BCUT2D eigenvalue weighted by molar-refractivity contribution is 6.31. The number of carbonyl (C=O) groups is 1. The van der Waals surface area contributed by atoms with Crippen molar-refractivity contribution in [3.05, 3.63) is 112 Å². The average molecular weight is 466 g/mol. The average Bonchev–Trinajstić information content (AvgIpc) is 3.13. The number of aryl methyl sites for hydroxylation is 2. The van der Waals surface area contributed by atoms with Gasteiger partial charge in [0.2, 0.25) is 0 Å². The van der Waals surface area contributed by atoms with Gasteiger partial charge in [-0.25, -0.2) is 0 Å². The highest BCUT2D eigenvalue weighted by Crippen LogP contribution is 2.26. The van der Waals surface area contributed by atoms with Crippen molar-refractivity contribution in [3.8, 4) is 22.9 Å². The number of hydrogen-bond donors (Lipinski definition) is 1. The molecule has 0 fully saturated rings. The Hall–Kier alpha value is -4.07. The summed E-state index contributed by atoms with van der Waals surface area (Å²) in [7, 11) is 0. The zero-order valence-corrected chi connectivity index (χ0v) is 20.0. The maximum absolute atomic E-state index is 12.8. The van der Waals surface area contributed by atoms with E-state index in [2.05, 4.69) is 46.3 Å². The molecule has 1 heterocycles. The number of rotatable bonds is 5. The highest BCUT2D eigenvalue weighted by Gasteiger charge is 2.15. The maximum atomic E-state index is 12.8. The second-order valence-corrected chi connectivity index (χ2v) is 8.59. The highest BCUT2D eigenvalue weighted by atomic mass is 35.5. The first-order valence-electron chi connectivity index (χ1n) is 10.9. The van der Waals surface area contributed by atoms with E-state index in [4.69, 9.17) is 11.6 Å². The van der Waals surface area contributed by atoms with Gasteiger partial charge in [0.25, 0.3) is 5.91 Å². The van der Waals surface area contributed by atoms with E-state index in [0.29, 0.717) is 10.7 Å². The second-order valence-electron chi connectivity index (χ2n) is 8.16. The summed E-state index contributed by atoms with van der Waals surface area (Å²) in [5.41, 5.74) is 7.59. The van der Waals surface area contributed by atoms with Gasteiger partial charge in [0.15, 0.2) is 0 Å². The fourth-order valence-corrected chi connectivity index (χ4v) is 4.16. The van der Waals surface area contributed by atoms with Crippen LogP contribution in [0.5, 0.6) is 0 Å². The molecular weight excluding hydrogens is 442 g/mol. The van der Waals surface area contributed by atoms with E-state index < -0.39 is 5.91 Å². The molecule has 0 atom stereocenters. The minimum absolute atomic E-state index is 0.0269. The quantitative estimate of drug-likeness (QED) is 0.249. The summed E-state index contributed by atoms with van der Waals surface area (Å²) in [6.45, 7) is 5.87. The van der Waals surface area contributed by atoms with Gasteiger partial charge in [-0.05, 0) is 79.4 Å². The van der Waals surface area contributed by atoms with Crippen LogP contribution in [0, 0.1) is 32.1 Å². The fourth-order valence-electron chi connectivity index (χ4n) is 3.99. The van der Waals surface area contributed by atoms with E-state index in [-0.39, 0.29) is 5.57 Å². The molecule has 3 aromatic carbocycles. The van der Waals surface area contributed by atoms with Gasteiger partial charge >= 0.3 is 0 Å². The zero-order valence-electron chi connectivity index (χ0n) is 19.3. The standard InChI is InChI=1S/C29H24ClN3O/c1-19-9-12-26(30)17-28(19)32-29(34)25(18-31)16-24-15-20(2)33(21(24)3)27-13-10-23(11-14-27)22-7-5-4-6-8-22/h4-17H,1-3H3,(H,32,34)/b25-16+. The lowest BCUT2D eigenvalue weighted by atomic mass is 10.1. The molecule has 0 bridgehead atoms. The van der Waals surface area contributed by atoms with Crippen LogP contribution >= 0.6 is 11.6 Å². The lowest BCUT2D eigenvalue weighted by Gasteiger charge is -2.11. The van der Waals surface area contributed by atoms with Crippen LogP contribution in [0.1, 0.15) is 22.5 Å². The van der Waals surface area contributed by atoms with E-state index in [1.54, 1.807) is 18.2 Å². The summed E-state index contributed by atoms with van der Waals surface area (Å²) in [5, 5.41) is 13.0. The number of aromatic nitrogens is 1. The Morgan fingerprint density at radius 1 is 0.941 bits per heavy atom. The number of hydrogen-bond acceptors (Lipinski definition) is 2. The van der Waals surface area contributed by atoms with Gasteiger partial charge in [0.05, 0.1) is 0 Å². The predicted molar refractivity (Wildman–Crippen MR) is 139 cm³/mol. The van der Waals surface area contributed by atoms with Crippen LogP contribution in [0.15, 0.2) is 84.4 Å². The summed E-state index contributed by atoms with van der Waals surface area (Å²) < 4.78 is 2.12. The summed E-state index contributed by atoms with van der Waals surface area (Å²) in [4.78, 5) is 12.8. The smallest absolute Gasteiger partial charge is 0.266 e. The molecule has 0 aliphatic heterocycles. The largest absolute Gasteiger partial charge is 0.321 e. The minimum atomic E-state index is -0.468. The molecule has 0 saturated carbocycles. The maximum Gasteiger partial charge on any atom is 0.266 e.